The van der Waals surface area contributed by atoms with Crippen molar-refractivity contribution < 1.29 is 33.0 Å². The molecule has 1 rings (SSSR count). The number of aryl methyl sites for hydroxylation is 1. The predicted octanol–water partition coefficient (Wildman–Crippen LogP) is 2.33. The Morgan fingerprint density at radius 2 is 1.65 bits per heavy atom. The van der Waals surface area contributed by atoms with Crippen LogP contribution in [0.25, 0.3) is 0 Å². The van der Waals surface area contributed by atoms with Gasteiger partial charge in [-0.1, -0.05) is 17.7 Å². The Balaban J connectivity index is 0.000000325. The first-order chi connectivity index (χ1) is 7.64. The van der Waals surface area contributed by atoms with Crippen LogP contribution in [-0.2, 0) is 4.79 Å². The molecule has 0 aromatic heterocycles. The van der Waals surface area contributed by atoms with Crippen molar-refractivity contribution in [3.05, 3.63) is 35.4 Å². The lowest BCUT2D eigenvalue weighted by atomic mass is 10.1. The van der Waals surface area contributed by atoms with Crippen molar-refractivity contribution in [2.24, 2.45) is 0 Å². The third-order valence-corrected chi connectivity index (χ3v) is 1.51. The lowest BCUT2D eigenvalue weighted by Crippen LogP contribution is -2.21. The van der Waals surface area contributed by atoms with Crippen LogP contribution in [-0.4, -0.2) is 28.3 Å². The molecule has 0 spiro atoms. The molecular formula is C10H9F3O4. The Morgan fingerprint density at radius 1 is 1.18 bits per heavy atom. The topological polar surface area (TPSA) is 74.6 Å². The maximum absolute atomic E-state index is 10.6. The second kappa shape index (κ2) is 5.88. The van der Waals surface area contributed by atoms with Gasteiger partial charge in [-0.15, -0.1) is 0 Å². The zero-order chi connectivity index (χ0) is 13.6. The van der Waals surface area contributed by atoms with Gasteiger partial charge in [0, 0.05) is 0 Å². The molecule has 1 aromatic rings. The molecule has 0 aliphatic rings. The molecule has 0 heterocycles. The van der Waals surface area contributed by atoms with Crippen molar-refractivity contribution in [2.45, 2.75) is 13.1 Å². The molecule has 0 aliphatic carbocycles. The number of hydrogen-bond donors (Lipinski definition) is 2. The number of aliphatic carboxylic acids is 1. The molecule has 0 fully saturated rings. The average Bonchev–Trinajstić information content (AvgIpc) is 2.17. The highest BCUT2D eigenvalue weighted by Gasteiger charge is 2.38. The van der Waals surface area contributed by atoms with Crippen molar-refractivity contribution in [1.82, 2.24) is 0 Å². The second-order valence-electron chi connectivity index (χ2n) is 2.98. The quantitative estimate of drug-likeness (QED) is 0.802. The molecule has 0 radical (unpaired) electrons. The monoisotopic (exact) mass is 250 g/mol. The number of rotatable bonds is 1. The molecule has 94 valence electrons. The summed E-state index contributed by atoms with van der Waals surface area (Å²) in [5.74, 6) is -3.63. The summed E-state index contributed by atoms with van der Waals surface area (Å²) in [7, 11) is 0. The fourth-order valence-electron chi connectivity index (χ4n) is 0.778. The number of benzene rings is 1. The van der Waals surface area contributed by atoms with Gasteiger partial charge in [0.25, 0.3) is 0 Å². The molecule has 7 heteroatoms. The van der Waals surface area contributed by atoms with Gasteiger partial charge in [0.15, 0.2) is 0 Å². The Morgan fingerprint density at radius 3 is 1.88 bits per heavy atom. The van der Waals surface area contributed by atoms with Gasteiger partial charge in [-0.05, 0) is 19.1 Å². The molecule has 0 aliphatic heterocycles. The van der Waals surface area contributed by atoms with Gasteiger partial charge in [0.1, 0.15) is 0 Å². The first kappa shape index (κ1) is 14.9. The number of hydrogen-bond acceptors (Lipinski definition) is 2. The van der Waals surface area contributed by atoms with E-state index in [1.807, 2.05) is 13.0 Å². The highest BCUT2D eigenvalue weighted by Crippen LogP contribution is 2.13. The summed E-state index contributed by atoms with van der Waals surface area (Å²) in [6, 6.07) is 6.82. The maximum Gasteiger partial charge on any atom is 0.490 e. The van der Waals surface area contributed by atoms with Crippen LogP contribution < -0.4 is 0 Å². The van der Waals surface area contributed by atoms with Gasteiger partial charge in [0.05, 0.1) is 5.56 Å². The van der Waals surface area contributed by atoms with E-state index < -0.39 is 18.1 Å². The summed E-state index contributed by atoms with van der Waals surface area (Å²) in [4.78, 5) is 19.2. The van der Waals surface area contributed by atoms with E-state index in [1.54, 1.807) is 18.2 Å². The van der Waals surface area contributed by atoms with Gasteiger partial charge >= 0.3 is 18.1 Å². The predicted molar refractivity (Wildman–Crippen MR) is 51.8 cm³/mol. The van der Waals surface area contributed by atoms with E-state index in [0.717, 1.165) is 5.56 Å². The minimum Gasteiger partial charge on any atom is -0.478 e. The van der Waals surface area contributed by atoms with Crippen molar-refractivity contribution in [1.29, 1.82) is 0 Å². The molecular weight excluding hydrogens is 241 g/mol. The van der Waals surface area contributed by atoms with Gasteiger partial charge in [-0.3, -0.25) is 0 Å². The van der Waals surface area contributed by atoms with E-state index in [-0.39, 0.29) is 0 Å². The number of carboxylic acid groups (broad SMARTS) is 2. The minimum absolute atomic E-state index is 0.347. The highest BCUT2D eigenvalue weighted by atomic mass is 19.4. The Labute approximate surface area is 94.3 Å². The van der Waals surface area contributed by atoms with Crippen molar-refractivity contribution in [3.63, 3.8) is 0 Å². The molecule has 2 N–H and O–H groups in total. The summed E-state index contributed by atoms with van der Waals surface area (Å²) in [5.41, 5.74) is 1.32. The number of halogens is 3. The third-order valence-electron chi connectivity index (χ3n) is 1.51. The summed E-state index contributed by atoms with van der Waals surface area (Å²) >= 11 is 0. The Hall–Kier alpha value is -2.05. The van der Waals surface area contributed by atoms with Gasteiger partial charge in [-0.25, -0.2) is 9.59 Å². The van der Waals surface area contributed by atoms with E-state index in [2.05, 4.69) is 0 Å². The van der Waals surface area contributed by atoms with Crippen molar-refractivity contribution in [3.8, 4) is 0 Å². The van der Waals surface area contributed by atoms with E-state index in [9.17, 15) is 18.0 Å². The molecule has 0 saturated heterocycles. The summed E-state index contributed by atoms with van der Waals surface area (Å²) in [5, 5.41) is 15.6. The number of carbonyl (C=O) groups is 2. The number of alkyl halides is 3. The third kappa shape index (κ3) is 6.18. The van der Waals surface area contributed by atoms with Crippen LogP contribution >= 0.6 is 0 Å². The van der Waals surface area contributed by atoms with Crippen LogP contribution in [0.1, 0.15) is 15.9 Å². The molecule has 0 amide bonds. The van der Waals surface area contributed by atoms with Gasteiger partial charge in [0.2, 0.25) is 0 Å². The van der Waals surface area contributed by atoms with Crippen LogP contribution in [0.5, 0.6) is 0 Å². The van der Waals surface area contributed by atoms with Crippen molar-refractivity contribution >= 4 is 11.9 Å². The first-order valence-corrected chi connectivity index (χ1v) is 4.24. The van der Waals surface area contributed by atoms with Crippen LogP contribution in [0.2, 0.25) is 0 Å². The smallest absolute Gasteiger partial charge is 0.478 e. The standard InChI is InChI=1S/C8H8O2.C2HF3O2/c1-6-3-2-4-7(5-6)8(9)10;3-2(4,5)1(6)7/h2-5H,1H3,(H,9,10);(H,6,7). The molecule has 1 aromatic carbocycles. The molecule has 0 unspecified atom stereocenters. The molecule has 0 saturated carbocycles. The van der Waals surface area contributed by atoms with Crippen LogP contribution in [0.4, 0.5) is 13.2 Å². The summed E-state index contributed by atoms with van der Waals surface area (Å²) in [6.07, 6.45) is -5.08. The second-order valence-corrected chi connectivity index (χ2v) is 2.98. The lowest BCUT2D eigenvalue weighted by molar-refractivity contribution is -0.192. The van der Waals surface area contributed by atoms with E-state index in [1.165, 1.54) is 0 Å². The fraction of sp³-hybridized carbons (Fsp3) is 0.200. The maximum atomic E-state index is 10.6. The lowest BCUT2D eigenvalue weighted by Gasteiger charge is -1.93. The normalized spacial score (nSPS) is 10.1. The number of aromatic carboxylic acids is 1. The average molecular weight is 250 g/mol. The molecule has 0 atom stereocenters. The first-order valence-electron chi connectivity index (χ1n) is 4.24. The zero-order valence-corrected chi connectivity index (χ0v) is 8.65. The van der Waals surface area contributed by atoms with E-state index >= 15 is 0 Å². The van der Waals surface area contributed by atoms with Gasteiger partial charge < -0.3 is 10.2 Å². The fourth-order valence-corrected chi connectivity index (χ4v) is 0.778. The summed E-state index contributed by atoms with van der Waals surface area (Å²) < 4.78 is 31.7. The number of carboxylic acids is 2. The van der Waals surface area contributed by atoms with Crippen LogP contribution in [0.15, 0.2) is 24.3 Å². The van der Waals surface area contributed by atoms with Crippen LogP contribution in [0, 0.1) is 6.92 Å². The zero-order valence-electron chi connectivity index (χ0n) is 8.65. The molecule has 17 heavy (non-hydrogen) atoms. The summed E-state index contributed by atoms with van der Waals surface area (Å²) in [6.45, 7) is 1.87. The van der Waals surface area contributed by atoms with Gasteiger partial charge in [-0.2, -0.15) is 13.2 Å². The Kier molecular flexibility index (Phi) is 5.17. The highest BCUT2D eigenvalue weighted by molar-refractivity contribution is 5.87. The van der Waals surface area contributed by atoms with Crippen LogP contribution in [0.3, 0.4) is 0 Å². The van der Waals surface area contributed by atoms with Crippen molar-refractivity contribution in [2.75, 3.05) is 0 Å². The van der Waals surface area contributed by atoms with E-state index in [0.29, 0.717) is 5.56 Å². The van der Waals surface area contributed by atoms with E-state index in [4.69, 9.17) is 15.0 Å². The minimum atomic E-state index is -5.08. The molecule has 4 nitrogen and oxygen atoms in total. The largest absolute Gasteiger partial charge is 0.490 e. The molecule has 0 bridgehead atoms. The Bertz CT molecular complexity index is 412. The SMILES string of the molecule is Cc1cccc(C(=O)O)c1.O=C(O)C(F)(F)F.